The molecule has 0 unspecified atom stereocenters. The van der Waals surface area contributed by atoms with Crippen LogP contribution in [0.2, 0.25) is 0 Å². The van der Waals surface area contributed by atoms with Gasteiger partial charge in [-0.3, -0.25) is 4.79 Å². The van der Waals surface area contributed by atoms with Crippen LogP contribution in [0.5, 0.6) is 0 Å². The van der Waals surface area contributed by atoms with Gasteiger partial charge in [0.2, 0.25) is 5.91 Å². The number of aryl methyl sites for hydroxylation is 1. The van der Waals surface area contributed by atoms with Gasteiger partial charge in [-0.1, -0.05) is 50.5 Å². The Morgan fingerprint density at radius 3 is 2.71 bits per heavy atom. The first-order valence-electron chi connectivity index (χ1n) is 7.67. The normalized spacial score (nSPS) is 9.86. The molecule has 0 aromatic heterocycles. The van der Waals surface area contributed by atoms with E-state index in [2.05, 4.69) is 24.1 Å². The molecule has 3 heteroatoms. The number of carbonyl (C=O) groups is 1. The van der Waals surface area contributed by atoms with Crippen LogP contribution in [-0.2, 0) is 4.79 Å². The molecule has 0 aliphatic rings. The van der Waals surface area contributed by atoms with Gasteiger partial charge in [0, 0.05) is 17.7 Å². The lowest BCUT2D eigenvalue weighted by molar-refractivity contribution is -0.116. The zero-order valence-corrected chi connectivity index (χ0v) is 13.0. The van der Waals surface area contributed by atoms with Gasteiger partial charge in [-0.25, -0.2) is 0 Å². The number of hydrogen-bond acceptors (Lipinski definition) is 2. The molecular weight excluding hydrogens is 262 g/mol. The second-order valence-electron chi connectivity index (χ2n) is 5.20. The standard InChI is InChI=1S/C18H25NO2/c1-3-4-5-6-7-10-18(21)19-17-14-16(9-8-13-20)12-11-15(17)2/h11-12,14,20H,3-7,10,13H2,1-2H3,(H,19,21). The van der Waals surface area contributed by atoms with Crippen molar-refractivity contribution in [3.8, 4) is 11.8 Å². The highest BCUT2D eigenvalue weighted by Gasteiger charge is 2.05. The van der Waals surface area contributed by atoms with E-state index >= 15 is 0 Å². The molecule has 0 fully saturated rings. The van der Waals surface area contributed by atoms with E-state index < -0.39 is 0 Å². The molecule has 1 rings (SSSR count). The molecule has 21 heavy (non-hydrogen) atoms. The minimum atomic E-state index is -0.159. The molecule has 0 aliphatic heterocycles. The molecule has 0 aliphatic carbocycles. The maximum Gasteiger partial charge on any atom is 0.224 e. The monoisotopic (exact) mass is 287 g/mol. The van der Waals surface area contributed by atoms with Crippen molar-refractivity contribution >= 4 is 11.6 Å². The lowest BCUT2D eigenvalue weighted by atomic mass is 10.1. The molecule has 0 atom stereocenters. The number of unbranched alkanes of at least 4 members (excludes halogenated alkanes) is 4. The predicted molar refractivity (Wildman–Crippen MR) is 87.1 cm³/mol. The first-order valence-corrected chi connectivity index (χ1v) is 7.67. The van der Waals surface area contributed by atoms with E-state index in [1.54, 1.807) is 0 Å². The van der Waals surface area contributed by atoms with Crippen molar-refractivity contribution < 1.29 is 9.90 Å². The average Bonchev–Trinajstić information content (AvgIpc) is 2.48. The van der Waals surface area contributed by atoms with Crippen LogP contribution in [0.3, 0.4) is 0 Å². The Kier molecular flexibility index (Phi) is 8.23. The SMILES string of the molecule is CCCCCCCC(=O)Nc1cc(C#CCO)ccc1C. The van der Waals surface area contributed by atoms with Crippen molar-refractivity contribution in [2.75, 3.05) is 11.9 Å². The molecule has 3 nitrogen and oxygen atoms in total. The summed E-state index contributed by atoms with van der Waals surface area (Å²) in [5, 5.41) is 11.7. The quantitative estimate of drug-likeness (QED) is 0.594. The third-order valence-electron chi connectivity index (χ3n) is 3.33. The molecule has 1 aromatic carbocycles. The Hall–Kier alpha value is -1.79. The number of amides is 1. The first-order chi connectivity index (χ1) is 10.2. The fourth-order valence-electron chi connectivity index (χ4n) is 2.08. The number of rotatable bonds is 7. The molecule has 1 amide bonds. The minimum absolute atomic E-state index is 0.0573. The van der Waals surface area contributed by atoms with Crippen LogP contribution < -0.4 is 5.32 Å². The Bertz CT molecular complexity index is 512. The number of carbonyl (C=O) groups excluding carboxylic acids is 1. The largest absolute Gasteiger partial charge is 0.384 e. The molecule has 2 N–H and O–H groups in total. The van der Waals surface area contributed by atoms with Gasteiger partial charge in [-0.15, -0.1) is 0 Å². The Morgan fingerprint density at radius 2 is 2.00 bits per heavy atom. The van der Waals surface area contributed by atoms with Crippen LogP contribution in [-0.4, -0.2) is 17.6 Å². The number of aliphatic hydroxyl groups excluding tert-OH is 1. The zero-order chi connectivity index (χ0) is 15.5. The number of nitrogens with one attached hydrogen (secondary N) is 1. The van der Waals surface area contributed by atoms with Gasteiger partial charge in [0.1, 0.15) is 6.61 Å². The number of anilines is 1. The summed E-state index contributed by atoms with van der Waals surface area (Å²) < 4.78 is 0. The summed E-state index contributed by atoms with van der Waals surface area (Å²) in [6, 6.07) is 5.67. The summed E-state index contributed by atoms with van der Waals surface area (Å²) in [4.78, 5) is 11.9. The van der Waals surface area contributed by atoms with E-state index in [9.17, 15) is 4.79 Å². The van der Waals surface area contributed by atoms with Crippen LogP contribution in [0.4, 0.5) is 5.69 Å². The summed E-state index contributed by atoms with van der Waals surface area (Å²) in [6.07, 6.45) is 6.28. The van der Waals surface area contributed by atoms with E-state index in [0.29, 0.717) is 6.42 Å². The second kappa shape index (κ2) is 10.0. The topological polar surface area (TPSA) is 49.3 Å². The maximum absolute atomic E-state index is 11.9. The van der Waals surface area contributed by atoms with Crippen molar-refractivity contribution in [2.45, 2.75) is 52.4 Å². The van der Waals surface area contributed by atoms with Crippen LogP contribution in [0.1, 0.15) is 56.6 Å². The van der Waals surface area contributed by atoms with Crippen molar-refractivity contribution in [3.05, 3.63) is 29.3 Å². The number of hydrogen-bond donors (Lipinski definition) is 2. The lowest BCUT2D eigenvalue weighted by Gasteiger charge is -2.09. The smallest absolute Gasteiger partial charge is 0.224 e. The van der Waals surface area contributed by atoms with Crippen molar-refractivity contribution in [1.29, 1.82) is 0 Å². The van der Waals surface area contributed by atoms with Gasteiger partial charge in [-0.05, 0) is 31.0 Å². The Labute approximate surface area is 127 Å². The van der Waals surface area contributed by atoms with Gasteiger partial charge < -0.3 is 10.4 Å². The van der Waals surface area contributed by atoms with Gasteiger partial charge >= 0.3 is 0 Å². The average molecular weight is 287 g/mol. The molecule has 0 saturated heterocycles. The van der Waals surface area contributed by atoms with Crippen molar-refractivity contribution in [2.24, 2.45) is 0 Å². The van der Waals surface area contributed by atoms with Crippen LogP contribution in [0.15, 0.2) is 18.2 Å². The van der Waals surface area contributed by atoms with E-state index in [1.807, 2.05) is 25.1 Å². The number of aliphatic hydroxyl groups is 1. The number of benzene rings is 1. The molecule has 0 heterocycles. The molecular formula is C18H25NO2. The molecule has 114 valence electrons. The molecule has 0 bridgehead atoms. The van der Waals surface area contributed by atoms with Gasteiger partial charge in [-0.2, -0.15) is 0 Å². The first kappa shape index (κ1) is 17.3. The van der Waals surface area contributed by atoms with Gasteiger partial charge in [0.05, 0.1) is 0 Å². The highest BCUT2D eigenvalue weighted by atomic mass is 16.2. The molecule has 0 spiro atoms. The zero-order valence-electron chi connectivity index (χ0n) is 13.0. The molecule has 1 aromatic rings. The van der Waals surface area contributed by atoms with Crippen LogP contribution >= 0.6 is 0 Å². The minimum Gasteiger partial charge on any atom is -0.384 e. The van der Waals surface area contributed by atoms with Gasteiger partial charge in [0.25, 0.3) is 0 Å². The summed E-state index contributed by atoms with van der Waals surface area (Å²) in [7, 11) is 0. The van der Waals surface area contributed by atoms with E-state index in [1.165, 1.54) is 19.3 Å². The van der Waals surface area contributed by atoms with Crippen LogP contribution in [0, 0.1) is 18.8 Å². The van der Waals surface area contributed by atoms with Gasteiger partial charge in [0.15, 0.2) is 0 Å². The molecule has 0 radical (unpaired) electrons. The van der Waals surface area contributed by atoms with Crippen LogP contribution in [0.25, 0.3) is 0 Å². The fraction of sp³-hybridized carbons (Fsp3) is 0.500. The van der Waals surface area contributed by atoms with E-state index in [0.717, 1.165) is 29.7 Å². The highest BCUT2D eigenvalue weighted by molar-refractivity contribution is 5.91. The lowest BCUT2D eigenvalue weighted by Crippen LogP contribution is -2.12. The summed E-state index contributed by atoms with van der Waals surface area (Å²) in [5.41, 5.74) is 2.62. The van der Waals surface area contributed by atoms with E-state index in [-0.39, 0.29) is 12.5 Å². The summed E-state index contributed by atoms with van der Waals surface area (Å²) in [5.74, 6) is 5.52. The molecule has 0 saturated carbocycles. The maximum atomic E-state index is 11.9. The highest BCUT2D eigenvalue weighted by Crippen LogP contribution is 2.17. The Morgan fingerprint density at radius 1 is 1.24 bits per heavy atom. The Balaban J connectivity index is 2.51. The van der Waals surface area contributed by atoms with E-state index in [4.69, 9.17) is 5.11 Å². The second-order valence-corrected chi connectivity index (χ2v) is 5.20. The third kappa shape index (κ3) is 6.97. The fourth-order valence-corrected chi connectivity index (χ4v) is 2.08. The third-order valence-corrected chi connectivity index (χ3v) is 3.33. The van der Waals surface area contributed by atoms with Crippen molar-refractivity contribution in [1.82, 2.24) is 0 Å². The predicted octanol–water partition coefficient (Wildman–Crippen LogP) is 3.64. The summed E-state index contributed by atoms with van der Waals surface area (Å²) >= 11 is 0. The summed E-state index contributed by atoms with van der Waals surface area (Å²) in [6.45, 7) is 3.98. The van der Waals surface area contributed by atoms with Crippen molar-refractivity contribution in [3.63, 3.8) is 0 Å².